The van der Waals surface area contributed by atoms with Gasteiger partial charge in [-0.15, -0.1) is 0 Å². The summed E-state index contributed by atoms with van der Waals surface area (Å²) < 4.78 is 26.6. The molecule has 0 spiro atoms. The molecule has 0 amide bonds. The minimum Gasteiger partial charge on any atom is -0.476 e. The van der Waals surface area contributed by atoms with Gasteiger partial charge in [-0.05, 0) is 6.42 Å². The highest BCUT2D eigenvalue weighted by molar-refractivity contribution is 6.32. The molecular formula is C29H54O9. The number of carbonyl (C=O) groups excluding carboxylic acids is 2. The van der Waals surface area contributed by atoms with E-state index in [2.05, 4.69) is 6.92 Å². The van der Waals surface area contributed by atoms with Gasteiger partial charge in [-0.3, -0.25) is 9.59 Å². The molecule has 0 aromatic carbocycles. The third-order valence-electron chi connectivity index (χ3n) is 6.04. The maximum Gasteiger partial charge on any atom is 0.372 e. The number of rotatable bonds is 31. The minimum atomic E-state index is -1.55. The molecule has 0 atom stereocenters. The molecule has 1 N–H and O–H groups in total. The summed E-state index contributed by atoms with van der Waals surface area (Å²) in [6.07, 6.45) is 18.4. The number of hydrogen-bond donors (Lipinski definition) is 1. The lowest BCUT2D eigenvalue weighted by Gasteiger charge is -2.08. The van der Waals surface area contributed by atoms with Gasteiger partial charge in [-0.25, -0.2) is 4.79 Å². The van der Waals surface area contributed by atoms with Gasteiger partial charge in [0, 0.05) is 13.0 Å². The Morgan fingerprint density at radius 2 is 0.842 bits per heavy atom. The summed E-state index contributed by atoms with van der Waals surface area (Å²) in [5.74, 6) is -3.18. The second-order valence-electron chi connectivity index (χ2n) is 9.49. The number of aliphatic carboxylic acids is 1. The number of ether oxygens (including phenoxy) is 5. The number of hydrogen-bond acceptors (Lipinski definition) is 8. The molecule has 0 aromatic heterocycles. The van der Waals surface area contributed by atoms with Crippen molar-refractivity contribution in [3.63, 3.8) is 0 Å². The van der Waals surface area contributed by atoms with E-state index < -0.39 is 17.7 Å². The van der Waals surface area contributed by atoms with Crippen LogP contribution in [0.25, 0.3) is 0 Å². The van der Waals surface area contributed by atoms with Crippen molar-refractivity contribution in [2.45, 2.75) is 110 Å². The summed E-state index contributed by atoms with van der Waals surface area (Å²) in [4.78, 5) is 32.6. The summed E-state index contributed by atoms with van der Waals surface area (Å²) >= 11 is 0. The molecule has 0 radical (unpaired) electrons. The van der Waals surface area contributed by atoms with Crippen LogP contribution in [0.1, 0.15) is 110 Å². The fourth-order valence-corrected chi connectivity index (χ4v) is 3.77. The molecule has 0 bridgehead atoms. The average Bonchev–Trinajstić information content (AvgIpc) is 2.91. The van der Waals surface area contributed by atoms with Crippen LogP contribution in [-0.4, -0.2) is 82.3 Å². The zero-order chi connectivity index (χ0) is 27.9. The van der Waals surface area contributed by atoms with Crippen molar-refractivity contribution in [2.24, 2.45) is 0 Å². The maximum absolute atomic E-state index is 11.3. The van der Waals surface area contributed by atoms with Crippen molar-refractivity contribution in [2.75, 3.05) is 59.5 Å². The van der Waals surface area contributed by atoms with E-state index >= 15 is 0 Å². The zero-order valence-electron chi connectivity index (χ0n) is 23.9. The Balaban J connectivity index is 3.13. The Morgan fingerprint density at radius 1 is 0.474 bits per heavy atom. The predicted molar refractivity (Wildman–Crippen MR) is 146 cm³/mol. The first kappa shape index (κ1) is 36.5. The highest BCUT2D eigenvalue weighted by atomic mass is 16.6. The third-order valence-corrected chi connectivity index (χ3v) is 6.04. The van der Waals surface area contributed by atoms with Crippen LogP contribution in [0, 0.1) is 0 Å². The molecule has 0 rings (SSSR count). The highest BCUT2D eigenvalue weighted by Crippen LogP contribution is 2.12. The van der Waals surface area contributed by atoms with E-state index in [1.54, 1.807) is 0 Å². The second-order valence-corrected chi connectivity index (χ2v) is 9.49. The fourth-order valence-electron chi connectivity index (χ4n) is 3.77. The molecule has 38 heavy (non-hydrogen) atoms. The number of ketones is 1. The van der Waals surface area contributed by atoms with Crippen molar-refractivity contribution < 1.29 is 43.2 Å². The van der Waals surface area contributed by atoms with Crippen LogP contribution in [-0.2, 0) is 38.1 Å². The van der Waals surface area contributed by atoms with E-state index in [1.165, 1.54) is 83.5 Å². The first-order chi connectivity index (χ1) is 18.6. The van der Waals surface area contributed by atoms with E-state index in [0.717, 1.165) is 13.0 Å². The van der Waals surface area contributed by atoms with Gasteiger partial charge in [0.05, 0.1) is 52.7 Å². The van der Waals surface area contributed by atoms with Crippen molar-refractivity contribution in [3.05, 3.63) is 0 Å². The molecule has 0 aliphatic rings. The molecule has 0 saturated heterocycles. The molecule has 9 heteroatoms. The molecule has 0 aromatic rings. The van der Waals surface area contributed by atoms with Crippen LogP contribution in [0.5, 0.6) is 0 Å². The highest BCUT2D eigenvalue weighted by Gasteiger charge is 2.14. The van der Waals surface area contributed by atoms with Crippen LogP contribution in [0.3, 0.4) is 0 Å². The lowest BCUT2D eigenvalue weighted by molar-refractivity contribution is -0.151. The van der Waals surface area contributed by atoms with Crippen LogP contribution in [0.2, 0.25) is 0 Å². The topological polar surface area (TPSA) is 118 Å². The molecule has 0 aliphatic carbocycles. The van der Waals surface area contributed by atoms with E-state index in [4.69, 9.17) is 28.8 Å². The van der Waals surface area contributed by atoms with Crippen molar-refractivity contribution in [1.29, 1.82) is 0 Å². The van der Waals surface area contributed by atoms with Crippen LogP contribution in [0.4, 0.5) is 0 Å². The Bertz CT molecular complexity index is 554. The van der Waals surface area contributed by atoms with Gasteiger partial charge in [-0.1, -0.05) is 90.4 Å². The number of carbonyl (C=O) groups is 3. The van der Waals surface area contributed by atoms with Gasteiger partial charge < -0.3 is 28.8 Å². The summed E-state index contributed by atoms with van der Waals surface area (Å²) in [6, 6.07) is 0. The summed E-state index contributed by atoms with van der Waals surface area (Å²) in [5, 5.41) is 8.43. The van der Waals surface area contributed by atoms with E-state index in [-0.39, 0.29) is 26.1 Å². The van der Waals surface area contributed by atoms with E-state index in [1.807, 2.05) is 0 Å². The van der Waals surface area contributed by atoms with Gasteiger partial charge in [0.15, 0.2) is 0 Å². The lowest BCUT2D eigenvalue weighted by atomic mass is 10.0. The number of carboxylic acids is 1. The van der Waals surface area contributed by atoms with E-state index in [9.17, 15) is 14.4 Å². The monoisotopic (exact) mass is 546 g/mol. The van der Waals surface area contributed by atoms with Crippen LogP contribution >= 0.6 is 0 Å². The summed E-state index contributed by atoms with van der Waals surface area (Å²) in [6.45, 7) is 6.20. The standard InChI is InChI=1S/C29H54O9/c1-2-3-4-5-6-7-8-9-10-11-12-13-14-15-18-34-19-20-35-21-22-36-23-24-37-25-26-38-28(31)17-16-27(30)29(32)33/h2-26H2,1H3,(H,32,33). The molecule has 0 saturated carbocycles. The molecule has 224 valence electrons. The molecule has 0 unspecified atom stereocenters. The Labute approximate surface area is 230 Å². The molecule has 0 fully saturated rings. The van der Waals surface area contributed by atoms with E-state index in [0.29, 0.717) is 39.6 Å². The SMILES string of the molecule is CCCCCCCCCCCCCCCCOCCOCCOCCOCCOC(=O)CCC(=O)C(=O)O. The van der Waals surface area contributed by atoms with Crippen LogP contribution in [0.15, 0.2) is 0 Å². The van der Waals surface area contributed by atoms with Crippen molar-refractivity contribution >= 4 is 17.7 Å². The Kier molecular flexibility index (Phi) is 28.8. The maximum atomic E-state index is 11.3. The van der Waals surface area contributed by atoms with Gasteiger partial charge in [0.1, 0.15) is 6.61 Å². The molecule has 9 nitrogen and oxygen atoms in total. The van der Waals surface area contributed by atoms with Crippen LogP contribution < -0.4 is 0 Å². The minimum absolute atomic E-state index is 0.0442. The normalized spacial score (nSPS) is 11.1. The lowest BCUT2D eigenvalue weighted by Crippen LogP contribution is -2.17. The second kappa shape index (κ2) is 30.0. The number of unbranched alkanes of at least 4 members (excludes halogenated alkanes) is 13. The predicted octanol–water partition coefficient (Wildman–Crippen LogP) is 5.51. The molecular weight excluding hydrogens is 492 g/mol. The third kappa shape index (κ3) is 29.0. The molecule has 0 aliphatic heterocycles. The van der Waals surface area contributed by atoms with Gasteiger partial charge in [-0.2, -0.15) is 0 Å². The summed E-state index contributed by atoms with van der Waals surface area (Å²) in [7, 11) is 0. The van der Waals surface area contributed by atoms with Gasteiger partial charge in [0.25, 0.3) is 0 Å². The van der Waals surface area contributed by atoms with Crippen molar-refractivity contribution in [3.8, 4) is 0 Å². The van der Waals surface area contributed by atoms with Crippen molar-refractivity contribution in [1.82, 2.24) is 0 Å². The number of Topliss-reactive ketones (excluding diaryl/α,β-unsaturated/α-hetero) is 1. The quantitative estimate of drug-likeness (QED) is 0.0682. The fraction of sp³-hybridized carbons (Fsp3) is 0.897. The number of carboxylic acid groups (broad SMARTS) is 1. The Hall–Kier alpha value is -1.55. The largest absolute Gasteiger partial charge is 0.476 e. The summed E-state index contributed by atoms with van der Waals surface area (Å²) in [5.41, 5.74) is 0. The average molecular weight is 547 g/mol. The van der Waals surface area contributed by atoms with Gasteiger partial charge in [0.2, 0.25) is 5.78 Å². The first-order valence-electron chi connectivity index (χ1n) is 14.8. The van der Waals surface area contributed by atoms with Gasteiger partial charge >= 0.3 is 11.9 Å². The first-order valence-corrected chi connectivity index (χ1v) is 14.8. The molecule has 0 heterocycles. The number of esters is 1. The Morgan fingerprint density at radius 3 is 1.26 bits per heavy atom. The smallest absolute Gasteiger partial charge is 0.372 e. The zero-order valence-corrected chi connectivity index (χ0v) is 23.9.